The summed E-state index contributed by atoms with van der Waals surface area (Å²) in [5.74, 6) is -1.41. The van der Waals surface area contributed by atoms with Gasteiger partial charge in [0.2, 0.25) is 0 Å². The van der Waals surface area contributed by atoms with Crippen molar-refractivity contribution >= 4 is 11.9 Å². The van der Waals surface area contributed by atoms with E-state index >= 15 is 0 Å². The molecule has 0 unspecified atom stereocenters. The Labute approximate surface area is 99.0 Å². The van der Waals surface area contributed by atoms with Crippen molar-refractivity contribution in [3.8, 4) is 5.75 Å². The fourth-order valence-electron chi connectivity index (χ4n) is 1.29. The zero-order valence-electron chi connectivity index (χ0n) is 9.89. The highest BCUT2D eigenvalue weighted by Crippen LogP contribution is 2.22. The van der Waals surface area contributed by atoms with Crippen LogP contribution in [0.3, 0.4) is 0 Å². The van der Waals surface area contributed by atoms with Crippen LogP contribution in [0.5, 0.6) is 5.75 Å². The lowest BCUT2D eigenvalue weighted by Crippen LogP contribution is -2.12. The summed E-state index contributed by atoms with van der Waals surface area (Å²) in [4.78, 5) is 22.3. The summed E-state index contributed by atoms with van der Waals surface area (Å²) in [5, 5.41) is 8.84. The van der Waals surface area contributed by atoms with Gasteiger partial charge < -0.3 is 14.6 Å². The average molecular weight is 238 g/mol. The molecule has 5 heteroatoms. The van der Waals surface area contributed by atoms with Crippen molar-refractivity contribution in [2.24, 2.45) is 0 Å². The molecule has 0 radical (unpaired) electrons. The summed E-state index contributed by atoms with van der Waals surface area (Å²) < 4.78 is 9.99. The summed E-state index contributed by atoms with van der Waals surface area (Å²) >= 11 is 0. The molecule has 0 fully saturated rings. The molecule has 1 aromatic carbocycles. The number of rotatable bonds is 4. The van der Waals surface area contributed by atoms with Crippen molar-refractivity contribution in [2.45, 2.75) is 20.0 Å². The van der Waals surface area contributed by atoms with E-state index < -0.39 is 11.9 Å². The van der Waals surface area contributed by atoms with E-state index in [1.54, 1.807) is 0 Å². The fraction of sp³-hybridized carbons (Fsp3) is 0.333. The van der Waals surface area contributed by atoms with Gasteiger partial charge in [0, 0.05) is 0 Å². The van der Waals surface area contributed by atoms with Gasteiger partial charge in [-0.3, -0.25) is 0 Å². The number of carboxylic acids is 1. The van der Waals surface area contributed by atoms with E-state index in [2.05, 4.69) is 4.74 Å². The second kappa shape index (κ2) is 5.34. The molecule has 0 amide bonds. The van der Waals surface area contributed by atoms with E-state index in [-0.39, 0.29) is 17.2 Å². The largest absolute Gasteiger partial charge is 0.490 e. The molecule has 1 N–H and O–H groups in total. The molecule has 0 saturated heterocycles. The highest BCUT2D eigenvalue weighted by atomic mass is 16.5. The topological polar surface area (TPSA) is 72.8 Å². The van der Waals surface area contributed by atoms with Gasteiger partial charge in [-0.25, -0.2) is 9.59 Å². The summed E-state index contributed by atoms with van der Waals surface area (Å²) in [6, 6.07) is 4.08. The van der Waals surface area contributed by atoms with Crippen LogP contribution < -0.4 is 4.74 Å². The first-order valence-corrected chi connectivity index (χ1v) is 5.08. The van der Waals surface area contributed by atoms with E-state index in [1.165, 1.54) is 25.3 Å². The van der Waals surface area contributed by atoms with Crippen molar-refractivity contribution < 1.29 is 24.2 Å². The van der Waals surface area contributed by atoms with E-state index in [4.69, 9.17) is 9.84 Å². The molecule has 0 aliphatic carbocycles. The van der Waals surface area contributed by atoms with Crippen molar-refractivity contribution in [2.75, 3.05) is 7.11 Å². The van der Waals surface area contributed by atoms with Gasteiger partial charge in [0.25, 0.3) is 0 Å². The number of carboxylic acid groups (broad SMARTS) is 1. The van der Waals surface area contributed by atoms with E-state index in [0.717, 1.165) is 0 Å². The number of ether oxygens (including phenoxy) is 2. The summed E-state index contributed by atoms with van der Waals surface area (Å²) in [7, 11) is 1.23. The maximum atomic E-state index is 11.5. The molecule has 0 bridgehead atoms. The maximum Gasteiger partial charge on any atom is 0.341 e. The van der Waals surface area contributed by atoms with Crippen molar-refractivity contribution in [1.29, 1.82) is 0 Å². The number of aromatic carboxylic acids is 1. The molecular formula is C12H14O5. The number of esters is 1. The SMILES string of the molecule is COC(=O)c1cc(C(=O)O)ccc1OC(C)C. The van der Waals surface area contributed by atoms with Gasteiger partial charge in [0.1, 0.15) is 11.3 Å². The minimum Gasteiger partial charge on any atom is -0.490 e. The Morgan fingerprint density at radius 1 is 1.29 bits per heavy atom. The molecule has 1 aromatic rings. The lowest BCUT2D eigenvalue weighted by atomic mass is 10.1. The molecule has 0 aromatic heterocycles. The van der Waals surface area contributed by atoms with Crippen LogP contribution in [-0.4, -0.2) is 30.3 Å². The number of hydrogen-bond acceptors (Lipinski definition) is 4. The third-order valence-corrected chi connectivity index (χ3v) is 1.99. The standard InChI is InChI=1S/C12H14O5/c1-7(2)17-10-5-4-8(11(13)14)6-9(10)12(15)16-3/h4-7H,1-3H3,(H,13,14). The Bertz CT molecular complexity index is 437. The van der Waals surface area contributed by atoms with E-state index in [0.29, 0.717) is 5.75 Å². The monoisotopic (exact) mass is 238 g/mol. The van der Waals surface area contributed by atoms with Gasteiger partial charge in [-0.05, 0) is 32.0 Å². The number of methoxy groups -OCH3 is 1. The quantitative estimate of drug-likeness (QED) is 0.812. The summed E-state index contributed by atoms with van der Waals surface area (Å²) in [5.41, 5.74) is 0.127. The van der Waals surface area contributed by atoms with Crippen LogP contribution in [0, 0.1) is 0 Å². The first kappa shape index (κ1) is 13.0. The Kier molecular flexibility index (Phi) is 4.09. The molecule has 0 spiro atoms. The van der Waals surface area contributed by atoms with Crippen LogP contribution in [0.2, 0.25) is 0 Å². The van der Waals surface area contributed by atoms with E-state index in [1.807, 2.05) is 13.8 Å². The van der Waals surface area contributed by atoms with Crippen LogP contribution in [-0.2, 0) is 4.74 Å². The van der Waals surface area contributed by atoms with Gasteiger partial charge in [-0.15, -0.1) is 0 Å². The van der Waals surface area contributed by atoms with Crippen LogP contribution in [0.4, 0.5) is 0 Å². The zero-order valence-corrected chi connectivity index (χ0v) is 9.89. The first-order valence-electron chi connectivity index (χ1n) is 5.08. The molecule has 17 heavy (non-hydrogen) atoms. The molecule has 0 heterocycles. The predicted molar refractivity (Wildman–Crippen MR) is 60.5 cm³/mol. The summed E-state index contributed by atoms with van der Waals surface area (Å²) in [6.07, 6.45) is -0.117. The highest BCUT2D eigenvalue weighted by molar-refractivity contribution is 5.96. The minimum absolute atomic E-state index is 0.0153. The number of benzene rings is 1. The van der Waals surface area contributed by atoms with Crippen molar-refractivity contribution in [3.63, 3.8) is 0 Å². The Balaban J connectivity index is 3.21. The first-order chi connectivity index (χ1) is 7.95. The zero-order chi connectivity index (χ0) is 13.0. The second-order valence-electron chi connectivity index (χ2n) is 3.67. The van der Waals surface area contributed by atoms with Crippen LogP contribution >= 0.6 is 0 Å². The second-order valence-corrected chi connectivity index (χ2v) is 3.67. The van der Waals surface area contributed by atoms with Crippen LogP contribution in [0.1, 0.15) is 34.6 Å². The van der Waals surface area contributed by atoms with E-state index in [9.17, 15) is 9.59 Å². The smallest absolute Gasteiger partial charge is 0.341 e. The van der Waals surface area contributed by atoms with Crippen LogP contribution in [0.25, 0.3) is 0 Å². The van der Waals surface area contributed by atoms with Crippen molar-refractivity contribution in [1.82, 2.24) is 0 Å². The minimum atomic E-state index is -1.11. The molecular weight excluding hydrogens is 224 g/mol. The summed E-state index contributed by atoms with van der Waals surface area (Å²) in [6.45, 7) is 3.62. The van der Waals surface area contributed by atoms with Crippen molar-refractivity contribution in [3.05, 3.63) is 29.3 Å². The average Bonchev–Trinajstić information content (AvgIpc) is 2.27. The Morgan fingerprint density at radius 3 is 2.41 bits per heavy atom. The number of carbonyl (C=O) groups excluding carboxylic acids is 1. The third kappa shape index (κ3) is 3.21. The maximum absolute atomic E-state index is 11.5. The number of hydrogen-bond donors (Lipinski definition) is 1. The fourth-order valence-corrected chi connectivity index (χ4v) is 1.29. The molecule has 5 nitrogen and oxygen atoms in total. The van der Waals surface area contributed by atoms with Gasteiger partial charge in [-0.2, -0.15) is 0 Å². The van der Waals surface area contributed by atoms with Gasteiger partial charge in [-0.1, -0.05) is 0 Å². The van der Waals surface area contributed by atoms with Crippen LogP contribution in [0.15, 0.2) is 18.2 Å². The third-order valence-electron chi connectivity index (χ3n) is 1.99. The lowest BCUT2D eigenvalue weighted by molar-refractivity contribution is 0.0594. The predicted octanol–water partition coefficient (Wildman–Crippen LogP) is 1.96. The molecule has 92 valence electrons. The highest BCUT2D eigenvalue weighted by Gasteiger charge is 2.17. The van der Waals surface area contributed by atoms with Gasteiger partial charge >= 0.3 is 11.9 Å². The molecule has 0 atom stereocenters. The van der Waals surface area contributed by atoms with Gasteiger partial charge in [0.15, 0.2) is 0 Å². The van der Waals surface area contributed by atoms with Gasteiger partial charge in [0.05, 0.1) is 18.8 Å². The molecule has 0 saturated carbocycles. The normalized spacial score (nSPS) is 10.1. The Morgan fingerprint density at radius 2 is 1.94 bits per heavy atom. The Hall–Kier alpha value is -2.04. The molecule has 0 aliphatic rings. The molecule has 0 aliphatic heterocycles. The lowest BCUT2D eigenvalue weighted by Gasteiger charge is -2.13. The molecule has 1 rings (SSSR count). The number of carbonyl (C=O) groups is 2.